The van der Waals surface area contributed by atoms with Crippen LogP contribution < -0.4 is 0 Å². The van der Waals surface area contributed by atoms with Crippen molar-refractivity contribution in [3.63, 3.8) is 0 Å². The van der Waals surface area contributed by atoms with Crippen molar-refractivity contribution in [1.82, 2.24) is 0 Å². The van der Waals surface area contributed by atoms with Crippen molar-refractivity contribution in [2.24, 2.45) is 0 Å². The second-order valence-corrected chi connectivity index (χ2v) is 10.1. The lowest BCUT2D eigenvalue weighted by molar-refractivity contribution is -0.142. The summed E-state index contributed by atoms with van der Waals surface area (Å²) < 4.78 is 0. The first-order valence-corrected chi connectivity index (χ1v) is 12.4. The smallest absolute Gasteiger partial charge is 0.331 e. The quantitative estimate of drug-likeness (QED) is 0.355. The van der Waals surface area contributed by atoms with Crippen LogP contribution in [0.25, 0.3) is 11.1 Å². The van der Waals surface area contributed by atoms with Crippen LogP contribution >= 0.6 is 11.8 Å². The first kappa shape index (κ1) is 24.6. The highest BCUT2D eigenvalue weighted by molar-refractivity contribution is 7.98. The topological polar surface area (TPSA) is 74.6 Å². The van der Waals surface area contributed by atoms with Gasteiger partial charge in [0.15, 0.2) is 0 Å². The average Bonchev–Trinajstić information content (AvgIpc) is 2.84. The molecule has 178 valence electrons. The summed E-state index contributed by atoms with van der Waals surface area (Å²) in [5, 5.41) is 20.0. The Bertz CT molecular complexity index is 1330. The van der Waals surface area contributed by atoms with Gasteiger partial charge in [-0.05, 0) is 66.3 Å². The zero-order valence-electron chi connectivity index (χ0n) is 20.0. The maximum Gasteiger partial charge on any atom is 0.331 e. The summed E-state index contributed by atoms with van der Waals surface area (Å²) in [6.45, 7) is 5.75. The fraction of sp³-hybridized carbons (Fsp3) is 0.200. The molecule has 0 fully saturated rings. The Morgan fingerprint density at radius 3 is 2.11 bits per heavy atom. The standard InChI is InChI=1S/C30H28O4S/c1-19-7-9-22(10-8-19)23-11-13-24(14-12-23)35-18-26-20(2)5-4-6-27(26)30(29(33)34)16-15-21(3)25(17-30)28(31)32/h4-16H,17-18H2,1-3H3,(H,31,32)(H,33,34). The van der Waals surface area contributed by atoms with E-state index in [1.165, 1.54) is 11.1 Å². The largest absolute Gasteiger partial charge is 0.480 e. The van der Waals surface area contributed by atoms with Gasteiger partial charge >= 0.3 is 11.9 Å². The summed E-state index contributed by atoms with van der Waals surface area (Å²) in [7, 11) is 0. The van der Waals surface area contributed by atoms with E-state index in [0.717, 1.165) is 21.6 Å². The van der Waals surface area contributed by atoms with E-state index >= 15 is 0 Å². The molecule has 2 N–H and O–H groups in total. The maximum absolute atomic E-state index is 12.6. The molecule has 1 aliphatic carbocycles. The van der Waals surface area contributed by atoms with E-state index < -0.39 is 17.4 Å². The van der Waals surface area contributed by atoms with Crippen molar-refractivity contribution in [2.75, 3.05) is 0 Å². The van der Waals surface area contributed by atoms with Gasteiger partial charge in [0.2, 0.25) is 0 Å². The Hall–Kier alpha value is -3.57. The normalized spacial score (nSPS) is 17.5. The van der Waals surface area contributed by atoms with Crippen LogP contribution in [0.1, 0.15) is 35.6 Å². The molecule has 1 aliphatic rings. The molecule has 0 spiro atoms. The maximum atomic E-state index is 12.6. The molecular weight excluding hydrogens is 456 g/mol. The van der Waals surface area contributed by atoms with E-state index in [0.29, 0.717) is 16.9 Å². The minimum atomic E-state index is -1.41. The molecule has 4 rings (SSSR count). The van der Waals surface area contributed by atoms with Crippen molar-refractivity contribution in [2.45, 2.75) is 43.3 Å². The number of hydrogen-bond donors (Lipinski definition) is 2. The third kappa shape index (κ3) is 4.96. The highest BCUT2D eigenvalue weighted by Crippen LogP contribution is 2.42. The molecule has 1 atom stereocenters. The van der Waals surface area contributed by atoms with Crippen LogP contribution in [0, 0.1) is 13.8 Å². The molecule has 0 aliphatic heterocycles. The van der Waals surface area contributed by atoms with Gasteiger partial charge in [-0.15, -0.1) is 11.8 Å². The highest BCUT2D eigenvalue weighted by Gasteiger charge is 2.43. The predicted octanol–water partition coefficient (Wildman–Crippen LogP) is 6.95. The molecule has 4 nitrogen and oxygen atoms in total. The van der Waals surface area contributed by atoms with E-state index in [-0.39, 0.29) is 12.0 Å². The summed E-state index contributed by atoms with van der Waals surface area (Å²) >= 11 is 1.64. The van der Waals surface area contributed by atoms with Crippen molar-refractivity contribution >= 4 is 23.7 Å². The van der Waals surface area contributed by atoms with Crippen LogP contribution in [0.4, 0.5) is 0 Å². The number of carboxylic acids is 2. The molecule has 3 aromatic rings. The van der Waals surface area contributed by atoms with Gasteiger partial charge in [-0.1, -0.05) is 72.3 Å². The Labute approximate surface area is 210 Å². The second-order valence-electron chi connectivity index (χ2n) is 9.03. The van der Waals surface area contributed by atoms with E-state index in [2.05, 4.69) is 55.5 Å². The van der Waals surface area contributed by atoms with Gasteiger partial charge < -0.3 is 10.2 Å². The van der Waals surface area contributed by atoms with Crippen LogP contribution in [-0.2, 0) is 20.8 Å². The van der Waals surface area contributed by atoms with Crippen molar-refractivity contribution < 1.29 is 19.8 Å². The molecular formula is C30H28O4S. The Balaban J connectivity index is 1.63. The van der Waals surface area contributed by atoms with Gasteiger partial charge in [0.1, 0.15) is 5.41 Å². The third-order valence-corrected chi connectivity index (χ3v) is 7.74. The molecule has 0 aromatic heterocycles. The number of carbonyl (C=O) groups is 2. The predicted molar refractivity (Wildman–Crippen MR) is 141 cm³/mol. The van der Waals surface area contributed by atoms with Crippen molar-refractivity contribution in [3.05, 3.63) is 112 Å². The Morgan fingerprint density at radius 1 is 0.886 bits per heavy atom. The van der Waals surface area contributed by atoms with Gasteiger partial charge in [-0.25, -0.2) is 4.79 Å². The molecule has 35 heavy (non-hydrogen) atoms. The van der Waals surface area contributed by atoms with Gasteiger partial charge in [-0.3, -0.25) is 4.79 Å². The molecule has 0 saturated carbocycles. The van der Waals surface area contributed by atoms with Crippen molar-refractivity contribution in [3.8, 4) is 11.1 Å². The van der Waals surface area contributed by atoms with Crippen LogP contribution in [0.15, 0.2) is 94.9 Å². The van der Waals surface area contributed by atoms with Crippen LogP contribution in [0.3, 0.4) is 0 Å². The summed E-state index contributed by atoms with van der Waals surface area (Å²) in [5.74, 6) is -1.53. The van der Waals surface area contributed by atoms with E-state index in [9.17, 15) is 19.8 Å². The molecule has 0 saturated heterocycles. The molecule has 3 aromatic carbocycles. The van der Waals surface area contributed by atoms with Crippen LogP contribution in [0.5, 0.6) is 0 Å². The summed E-state index contributed by atoms with van der Waals surface area (Å²) in [6, 6.07) is 22.4. The number of aryl methyl sites for hydroxylation is 2. The highest BCUT2D eigenvalue weighted by atomic mass is 32.2. The third-order valence-electron chi connectivity index (χ3n) is 6.70. The van der Waals surface area contributed by atoms with Crippen LogP contribution in [-0.4, -0.2) is 22.2 Å². The first-order chi connectivity index (χ1) is 16.7. The van der Waals surface area contributed by atoms with Gasteiger partial charge in [0.25, 0.3) is 0 Å². The van der Waals surface area contributed by atoms with Crippen molar-refractivity contribution in [1.29, 1.82) is 0 Å². The van der Waals surface area contributed by atoms with Crippen LogP contribution in [0.2, 0.25) is 0 Å². The molecule has 1 unspecified atom stereocenters. The molecule has 0 bridgehead atoms. The number of aliphatic carboxylic acids is 2. The lowest BCUT2D eigenvalue weighted by Crippen LogP contribution is -2.38. The summed E-state index contributed by atoms with van der Waals surface area (Å²) in [6.07, 6.45) is 3.20. The number of rotatable bonds is 7. The minimum Gasteiger partial charge on any atom is -0.480 e. The Kier molecular flexibility index (Phi) is 6.99. The Morgan fingerprint density at radius 2 is 1.51 bits per heavy atom. The van der Waals surface area contributed by atoms with Gasteiger partial charge in [0, 0.05) is 22.6 Å². The fourth-order valence-electron chi connectivity index (χ4n) is 4.49. The van der Waals surface area contributed by atoms with E-state index in [4.69, 9.17) is 0 Å². The van der Waals surface area contributed by atoms with E-state index in [1.807, 2.05) is 25.1 Å². The molecule has 0 heterocycles. The number of allylic oxidation sites excluding steroid dienone is 2. The van der Waals surface area contributed by atoms with Gasteiger partial charge in [-0.2, -0.15) is 0 Å². The zero-order chi connectivity index (χ0) is 25.2. The van der Waals surface area contributed by atoms with Gasteiger partial charge in [0.05, 0.1) is 0 Å². The molecule has 5 heteroatoms. The summed E-state index contributed by atoms with van der Waals surface area (Å²) in [4.78, 5) is 25.5. The monoisotopic (exact) mass is 484 g/mol. The SMILES string of the molecule is CC1=C(C(=O)O)CC(C(=O)O)(c2cccc(C)c2CSc2ccc(-c3ccc(C)cc3)cc2)C=C1. The summed E-state index contributed by atoms with van der Waals surface area (Å²) in [5.41, 5.74) is 5.42. The molecule has 0 radical (unpaired) electrons. The number of benzene rings is 3. The average molecular weight is 485 g/mol. The number of thioether (sulfide) groups is 1. The molecule has 0 amide bonds. The second kappa shape index (κ2) is 9.96. The van der Waals surface area contributed by atoms with E-state index in [1.54, 1.807) is 30.8 Å². The minimum absolute atomic E-state index is 0.0770. The number of hydrogen-bond acceptors (Lipinski definition) is 3. The first-order valence-electron chi connectivity index (χ1n) is 11.5. The fourth-order valence-corrected chi connectivity index (χ4v) is 5.52. The lowest BCUT2D eigenvalue weighted by Gasteiger charge is -2.32. The lowest BCUT2D eigenvalue weighted by atomic mass is 9.70. The number of carboxylic acid groups (broad SMARTS) is 2. The zero-order valence-corrected chi connectivity index (χ0v) is 20.9.